The largest absolute Gasteiger partial charge is 0.368 e. The molecule has 2 atom stereocenters. The summed E-state index contributed by atoms with van der Waals surface area (Å²) in [7, 11) is 0. The third-order valence-electron chi connectivity index (χ3n) is 4.64. The zero-order valence-corrected chi connectivity index (χ0v) is 15.1. The molecule has 3 amide bonds. The van der Waals surface area contributed by atoms with Crippen molar-refractivity contribution in [2.24, 2.45) is 11.7 Å². The van der Waals surface area contributed by atoms with E-state index in [1.165, 1.54) is 11.0 Å². The maximum absolute atomic E-state index is 13.5. The first-order valence-electron chi connectivity index (χ1n) is 8.67. The summed E-state index contributed by atoms with van der Waals surface area (Å²) >= 11 is 0. The number of hydrogen-bond donors (Lipinski definition) is 2. The van der Waals surface area contributed by atoms with Crippen LogP contribution in [0.1, 0.15) is 18.0 Å². The number of nitrogens with two attached hydrogens (primary N) is 1. The van der Waals surface area contributed by atoms with Crippen molar-refractivity contribution in [3.8, 4) is 0 Å². The third-order valence-corrected chi connectivity index (χ3v) is 4.64. The molecule has 29 heavy (non-hydrogen) atoms. The number of halogens is 1. The molecule has 2 unspecified atom stereocenters. The van der Waals surface area contributed by atoms with Gasteiger partial charge in [-0.15, -0.1) is 0 Å². The Morgan fingerprint density at radius 2 is 1.93 bits per heavy atom. The highest BCUT2D eigenvalue weighted by Crippen LogP contribution is 2.30. The Balaban J connectivity index is 1.76. The molecule has 10 heteroatoms. The van der Waals surface area contributed by atoms with Gasteiger partial charge in [0, 0.05) is 19.0 Å². The summed E-state index contributed by atoms with van der Waals surface area (Å²) in [5.41, 5.74) is 5.25. The maximum atomic E-state index is 13.5. The number of nitrogens with one attached hydrogen (secondary N) is 1. The van der Waals surface area contributed by atoms with E-state index < -0.39 is 46.1 Å². The molecule has 0 radical (unpaired) electrons. The molecule has 1 aliphatic rings. The maximum Gasteiger partial charge on any atom is 0.306 e. The topological polar surface area (TPSA) is 136 Å². The molecule has 0 spiro atoms. The van der Waals surface area contributed by atoms with Crippen molar-refractivity contribution in [3.05, 3.63) is 70.0 Å². The van der Waals surface area contributed by atoms with Crippen molar-refractivity contribution in [3.63, 3.8) is 0 Å². The van der Waals surface area contributed by atoms with Gasteiger partial charge in [0.2, 0.25) is 23.5 Å². The number of nitro benzene ring substituents is 1. The second-order valence-corrected chi connectivity index (χ2v) is 6.55. The van der Waals surface area contributed by atoms with Gasteiger partial charge in [-0.25, -0.2) is 0 Å². The van der Waals surface area contributed by atoms with E-state index in [0.717, 1.165) is 12.1 Å². The molecular formula is C19H17FN4O5. The van der Waals surface area contributed by atoms with E-state index >= 15 is 0 Å². The van der Waals surface area contributed by atoms with Gasteiger partial charge in [-0.2, -0.15) is 4.39 Å². The minimum atomic E-state index is -1.06. The van der Waals surface area contributed by atoms with Crippen LogP contribution in [0.25, 0.3) is 0 Å². The number of primary amides is 1. The van der Waals surface area contributed by atoms with E-state index in [1.807, 2.05) is 0 Å². The van der Waals surface area contributed by atoms with E-state index in [4.69, 9.17) is 5.73 Å². The lowest BCUT2D eigenvalue weighted by Crippen LogP contribution is -2.41. The first-order valence-corrected chi connectivity index (χ1v) is 8.67. The molecule has 1 fully saturated rings. The van der Waals surface area contributed by atoms with Gasteiger partial charge in [0.15, 0.2) is 0 Å². The highest BCUT2D eigenvalue weighted by atomic mass is 19.1. The van der Waals surface area contributed by atoms with Gasteiger partial charge in [0.25, 0.3) is 0 Å². The lowest BCUT2D eigenvalue weighted by Gasteiger charge is -2.19. The summed E-state index contributed by atoms with van der Waals surface area (Å²) in [6.07, 6.45) is -0.155. The number of carbonyl (C=O) groups excluding carboxylic acids is 3. The first-order chi connectivity index (χ1) is 13.8. The lowest BCUT2D eigenvalue weighted by atomic mass is 10.0. The smallest absolute Gasteiger partial charge is 0.306 e. The van der Waals surface area contributed by atoms with E-state index in [2.05, 4.69) is 5.32 Å². The van der Waals surface area contributed by atoms with Crippen molar-refractivity contribution in [1.82, 2.24) is 5.32 Å². The number of anilines is 1. The zero-order chi connectivity index (χ0) is 21.1. The molecule has 150 valence electrons. The number of amides is 3. The fraction of sp³-hybridized carbons (Fsp3) is 0.211. The van der Waals surface area contributed by atoms with Crippen molar-refractivity contribution in [1.29, 1.82) is 0 Å². The van der Waals surface area contributed by atoms with Crippen LogP contribution in [0.4, 0.5) is 15.8 Å². The highest BCUT2D eigenvalue weighted by Gasteiger charge is 2.37. The summed E-state index contributed by atoms with van der Waals surface area (Å²) in [6, 6.07) is 10.4. The summed E-state index contributed by atoms with van der Waals surface area (Å²) in [6.45, 7) is -0.0618. The van der Waals surface area contributed by atoms with Crippen molar-refractivity contribution >= 4 is 29.1 Å². The normalized spacial score (nSPS) is 17.1. The molecule has 3 rings (SSSR count). The number of nitrogens with zero attached hydrogens (tertiary/aromatic N) is 2. The highest BCUT2D eigenvalue weighted by molar-refractivity contribution is 6.01. The van der Waals surface area contributed by atoms with Gasteiger partial charge in [-0.3, -0.25) is 24.5 Å². The number of hydrogen-bond acceptors (Lipinski definition) is 5. The summed E-state index contributed by atoms with van der Waals surface area (Å²) in [5, 5.41) is 13.5. The molecule has 2 aromatic rings. The van der Waals surface area contributed by atoms with Crippen LogP contribution in [0.5, 0.6) is 0 Å². The lowest BCUT2D eigenvalue weighted by molar-refractivity contribution is -0.387. The fourth-order valence-electron chi connectivity index (χ4n) is 3.17. The van der Waals surface area contributed by atoms with E-state index in [1.54, 1.807) is 30.3 Å². The Labute approximate surface area is 164 Å². The van der Waals surface area contributed by atoms with E-state index in [9.17, 15) is 28.9 Å². The molecule has 0 aromatic heterocycles. The van der Waals surface area contributed by atoms with Gasteiger partial charge in [0.1, 0.15) is 6.04 Å². The molecule has 1 heterocycles. The Morgan fingerprint density at radius 1 is 1.24 bits per heavy atom. The minimum Gasteiger partial charge on any atom is -0.368 e. The molecule has 0 aliphatic carbocycles. The fourth-order valence-corrected chi connectivity index (χ4v) is 3.17. The van der Waals surface area contributed by atoms with Crippen LogP contribution < -0.4 is 16.0 Å². The van der Waals surface area contributed by atoms with Crippen LogP contribution in [0, 0.1) is 21.8 Å². The number of rotatable bonds is 6. The van der Waals surface area contributed by atoms with Crippen LogP contribution in [-0.4, -0.2) is 29.2 Å². The standard InChI is InChI=1S/C19H17FN4O5/c20-14-7-6-13(9-15(14)24(28)29)23-10-12(8-16(23)25)19(27)22-17(18(21)26)11-4-2-1-3-5-11/h1-7,9,12,17H,8,10H2,(H2,21,26)(H,22,27). The zero-order valence-electron chi connectivity index (χ0n) is 15.1. The van der Waals surface area contributed by atoms with Crippen LogP contribution >= 0.6 is 0 Å². The van der Waals surface area contributed by atoms with Gasteiger partial charge >= 0.3 is 5.69 Å². The SMILES string of the molecule is NC(=O)C(NC(=O)C1CC(=O)N(c2ccc(F)c([N+](=O)[O-])c2)C1)c1ccccc1. The molecule has 1 aliphatic heterocycles. The number of benzene rings is 2. The monoisotopic (exact) mass is 400 g/mol. The van der Waals surface area contributed by atoms with Crippen LogP contribution in [0.3, 0.4) is 0 Å². The molecule has 0 bridgehead atoms. The Hall–Kier alpha value is -3.82. The molecule has 1 saturated heterocycles. The second-order valence-electron chi connectivity index (χ2n) is 6.55. The summed E-state index contributed by atoms with van der Waals surface area (Å²) < 4.78 is 13.5. The Bertz CT molecular complexity index is 982. The quantitative estimate of drug-likeness (QED) is 0.558. The average Bonchev–Trinajstić information content (AvgIpc) is 3.08. The van der Waals surface area contributed by atoms with Crippen LogP contribution in [0.15, 0.2) is 48.5 Å². The van der Waals surface area contributed by atoms with E-state index in [0.29, 0.717) is 5.56 Å². The van der Waals surface area contributed by atoms with Crippen molar-refractivity contribution in [2.45, 2.75) is 12.5 Å². The van der Waals surface area contributed by atoms with Gasteiger partial charge in [-0.1, -0.05) is 30.3 Å². The van der Waals surface area contributed by atoms with Gasteiger partial charge in [-0.05, 0) is 17.7 Å². The van der Waals surface area contributed by atoms with Gasteiger partial charge < -0.3 is 16.0 Å². The second kappa shape index (κ2) is 8.05. The Kier molecular flexibility index (Phi) is 5.53. The Morgan fingerprint density at radius 3 is 2.55 bits per heavy atom. The van der Waals surface area contributed by atoms with Crippen molar-refractivity contribution < 1.29 is 23.7 Å². The van der Waals surface area contributed by atoms with Crippen molar-refractivity contribution in [2.75, 3.05) is 11.4 Å². The molecule has 3 N–H and O–H groups in total. The number of nitro groups is 1. The molecular weight excluding hydrogens is 383 g/mol. The van der Waals surface area contributed by atoms with Crippen LogP contribution in [0.2, 0.25) is 0 Å². The predicted octanol–water partition coefficient (Wildman–Crippen LogP) is 1.43. The summed E-state index contributed by atoms with van der Waals surface area (Å²) in [4.78, 5) is 47.9. The molecule has 9 nitrogen and oxygen atoms in total. The minimum absolute atomic E-state index is 0.0618. The predicted molar refractivity (Wildman–Crippen MR) is 100 cm³/mol. The molecule has 0 saturated carbocycles. The first kappa shape index (κ1) is 19.9. The third kappa shape index (κ3) is 4.21. The number of carbonyl (C=O) groups is 3. The van der Waals surface area contributed by atoms with E-state index in [-0.39, 0.29) is 18.7 Å². The summed E-state index contributed by atoms with van der Waals surface area (Å²) in [5.74, 6) is -3.56. The molecule has 2 aromatic carbocycles. The average molecular weight is 400 g/mol. The van der Waals surface area contributed by atoms with Crippen LogP contribution in [-0.2, 0) is 14.4 Å². The van der Waals surface area contributed by atoms with Gasteiger partial charge in [0.05, 0.1) is 16.5 Å².